The highest BCUT2D eigenvalue weighted by molar-refractivity contribution is 8.23. The van der Waals surface area contributed by atoms with Crippen LogP contribution in [0, 0.1) is 0 Å². The van der Waals surface area contributed by atoms with Crippen molar-refractivity contribution in [2.75, 3.05) is 22.9 Å². The molecule has 1 aromatic rings. The highest BCUT2D eigenvalue weighted by Crippen LogP contribution is 2.32. The van der Waals surface area contributed by atoms with Gasteiger partial charge in [0.25, 0.3) is 5.91 Å². The Bertz CT molecular complexity index is 768. The van der Waals surface area contributed by atoms with Crippen LogP contribution in [0.5, 0.6) is 5.75 Å². The second kappa shape index (κ2) is 8.71. The van der Waals surface area contributed by atoms with Crippen LogP contribution >= 0.6 is 24.0 Å². The van der Waals surface area contributed by atoms with Crippen LogP contribution < -0.4 is 15.4 Å². The van der Waals surface area contributed by atoms with E-state index in [0.717, 1.165) is 19.3 Å². The van der Waals surface area contributed by atoms with E-state index in [0.29, 0.717) is 40.2 Å². The molecule has 3 rings (SSSR count). The first-order valence-electron chi connectivity index (χ1n) is 8.82. The van der Waals surface area contributed by atoms with E-state index in [4.69, 9.17) is 17.0 Å². The number of fused-ring (bicyclic) bond motifs is 1. The number of carbonyl (C=O) groups is 3. The predicted octanol–water partition coefficient (Wildman–Crippen LogP) is 2.77. The Morgan fingerprint density at radius 3 is 2.93 bits per heavy atom. The quantitative estimate of drug-likeness (QED) is 0.534. The molecule has 1 saturated heterocycles. The van der Waals surface area contributed by atoms with Crippen molar-refractivity contribution >= 4 is 57.4 Å². The first-order chi connectivity index (χ1) is 12.9. The summed E-state index contributed by atoms with van der Waals surface area (Å²) in [6, 6.07) is 5.17. The number of unbranched alkanes of at least 4 members (excludes halogenated alkanes) is 2. The molecule has 1 fully saturated rings. The van der Waals surface area contributed by atoms with Crippen LogP contribution in [-0.2, 0) is 14.4 Å². The zero-order valence-electron chi connectivity index (χ0n) is 14.9. The second-order valence-corrected chi connectivity index (χ2v) is 8.03. The fraction of sp³-hybridized carbons (Fsp3) is 0.444. The largest absolute Gasteiger partial charge is 0.479 e. The number of nitrogens with one attached hydrogen (secondary N) is 2. The standard InChI is InChI=1S/C18H21N3O4S2/c1-11-17(24)20-13-9-12(6-7-14(13)25-11)19-15(22)5-3-2-4-8-21-16(23)10-27-18(21)26/h6-7,9,11H,2-5,8,10H2,1H3,(H,19,22)(H,20,24)/t11-/m0/s1. The Hall–Kier alpha value is -2.13. The van der Waals surface area contributed by atoms with Crippen molar-refractivity contribution in [3.8, 4) is 5.75 Å². The maximum Gasteiger partial charge on any atom is 0.265 e. The molecular formula is C18H21N3O4S2. The monoisotopic (exact) mass is 407 g/mol. The van der Waals surface area contributed by atoms with Gasteiger partial charge in [0, 0.05) is 18.7 Å². The average Bonchev–Trinajstić information content (AvgIpc) is 2.94. The number of rotatable bonds is 7. The Kier molecular flexibility index (Phi) is 6.33. The molecule has 0 radical (unpaired) electrons. The van der Waals surface area contributed by atoms with Crippen LogP contribution in [0.15, 0.2) is 18.2 Å². The minimum Gasteiger partial charge on any atom is -0.479 e. The molecule has 7 nitrogen and oxygen atoms in total. The summed E-state index contributed by atoms with van der Waals surface area (Å²) < 4.78 is 6.14. The van der Waals surface area contributed by atoms with Crippen LogP contribution in [-0.4, -0.2) is 45.3 Å². The van der Waals surface area contributed by atoms with Crippen molar-refractivity contribution in [1.29, 1.82) is 0 Å². The molecule has 0 saturated carbocycles. The molecule has 1 aromatic carbocycles. The molecule has 9 heteroatoms. The fourth-order valence-corrected chi connectivity index (χ4v) is 3.96. The van der Waals surface area contributed by atoms with Crippen LogP contribution in [0.4, 0.5) is 11.4 Å². The zero-order chi connectivity index (χ0) is 19.4. The van der Waals surface area contributed by atoms with Crippen molar-refractivity contribution < 1.29 is 19.1 Å². The molecule has 3 amide bonds. The van der Waals surface area contributed by atoms with E-state index >= 15 is 0 Å². The number of thiocarbonyl (C=S) groups is 1. The summed E-state index contributed by atoms with van der Waals surface area (Å²) in [5.74, 6) is 0.801. The van der Waals surface area contributed by atoms with Gasteiger partial charge in [0.15, 0.2) is 6.10 Å². The summed E-state index contributed by atoms with van der Waals surface area (Å²) in [4.78, 5) is 37.0. The lowest BCUT2D eigenvalue weighted by Gasteiger charge is -2.23. The molecule has 2 N–H and O–H groups in total. The average molecular weight is 408 g/mol. The fourth-order valence-electron chi connectivity index (χ4n) is 2.84. The van der Waals surface area contributed by atoms with Gasteiger partial charge in [-0.1, -0.05) is 30.4 Å². The molecule has 2 aliphatic rings. The number of carbonyl (C=O) groups excluding carboxylic acids is 3. The number of amides is 3. The van der Waals surface area contributed by atoms with Gasteiger partial charge in [0.05, 0.1) is 11.4 Å². The molecule has 0 bridgehead atoms. The summed E-state index contributed by atoms with van der Waals surface area (Å²) in [5, 5.41) is 5.59. The van der Waals surface area contributed by atoms with E-state index in [1.807, 2.05) is 0 Å². The van der Waals surface area contributed by atoms with Crippen molar-refractivity contribution in [3.05, 3.63) is 18.2 Å². The van der Waals surface area contributed by atoms with Gasteiger partial charge in [-0.25, -0.2) is 0 Å². The zero-order valence-corrected chi connectivity index (χ0v) is 16.6. The van der Waals surface area contributed by atoms with Gasteiger partial charge in [0.1, 0.15) is 10.1 Å². The summed E-state index contributed by atoms with van der Waals surface area (Å²) in [7, 11) is 0. The van der Waals surface area contributed by atoms with E-state index in [-0.39, 0.29) is 17.7 Å². The first-order valence-corrected chi connectivity index (χ1v) is 10.2. The molecular weight excluding hydrogens is 386 g/mol. The molecule has 0 aromatic heterocycles. The van der Waals surface area contributed by atoms with Gasteiger partial charge in [-0.15, -0.1) is 0 Å². The Morgan fingerprint density at radius 2 is 2.19 bits per heavy atom. The lowest BCUT2D eigenvalue weighted by atomic mass is 10.1. The number of thioether (sulfide) groups is 1. The van der Waals surface area contributed by atoms with E-state index in [1.165, 1.54) is 11.8 Å². The molecule has 0 aliphatic carbocycles. The SMILES string of the molecule is C[C@@H]1Oc2ccc(NC(=O)CCCCCN3C(=O)CSC3=S)cc2NC1=O. The van der Waals surface area contributed by atoms with Crippen molar-refractivity contribution in [2.24, 2.45) is 0 Å². The smallest absolute Gasteiger partial charge is 0.265 e. The molecule has 27 heavy (non-hydrogen) atoms. The number of hydrogen-bond donors (Lipinski definition) is 2. The van der Waals surface area contributed by atoms with Crippen LogP contribution in [0.25, 0.3) is 0 Å². The van der Waals surface area contributed by atoms with Gasteiger partial charge < -0.3 is 15.4 Å². The third kappa shape index (κ3) is 4.98. The number of anilines is 2. The van der Waals surface area contributed by atoms with Crippen LogP contribution in [0.2, 0.25) is 0 Å². The Balaban J connectivity index is 1.40. The third-order valence-electron chi connectivity index (χ3n) is 4.32. The van der Waals surface area contributed by atoms with E-state index in [1.54, 1.807) is 30.0 Å². The third-order valence-corrected chi connectivity index (χ3v) is 5.75. The highest BCUT2D eigenvalue weighted by Gasteiger charge is 2.26. The van der Waals surface area contributed by atoms with E-state index < -0.39 is 6.10 Å². The maximum atomic E-state index is 12.1. The van der Waals surface area contributed by atoms with Crippen LogP contribution in [0.3, 0.4) is 0 Å². The maximum absolute atomic E-state index is 12.1. The first kappa shape index (κ1) is 19.6. The molecule has 1 atom stereocenters. The number of benzene rings is 1. The van der Waals surface area contributed by atoms with Crippen molar-refractivity contribution in [3.63, 3.8) is 0 Å². The summed E-state index contributed by atoms with van der Waals surface area (Å²) in [6.45, 7) is 2.30. The summed E-state index contributed by atoms with van der Waals surface area (Å²) >= 11 is 6.54. The molecule has 144 valence electrons. The summed E-state index contributed by atoms with van der Waals surface area (Å²) in [5.41, 5.74) is 1.17. The predicted molar refractivity (Wildman–Crippen MR) is 109 cm³/mol. The van der Waals surface area contributed by atoms with Gasteiger partial charge >= 0.3 is 0 Å². The lowest BCUT2D eigenvalue weighted by Crippen LogP contribution is -2.34. The molecule has 0 spiro atoms. The van der Waals surface area contributed by atoms with E-state index in [9.17, 15) is 14.4 Å². The number of ether oxygens (including phenoxy) is 1. The van der Waals surface area contributed by atoms with Crippen LogP contribution in [0.1, 0.15) is 32.6 Å². The summed E-state index contributed by atoms with van der Waals surface area (Å²) in [6.07, 6.45) is 2.26. The van der Waals surface area contributed by atoms with E-state index in [2.05, 4.69) is 10.6 Å². The van der Waals surface area contributed by atoms with Gasteiger partial charge in [-0.2, -0.15) is 0 Å². The van der Waals surface area contributed by atoms with Gasteiger partial charge in [-0.3, -0.25) is 19.3 Å². The molecule has 2 aliphatic heterocycles. The van der Waals surface area contributed by atoms with Gasteiger partial charge in [0.2, 0.25) is 11.8 Å². The van der Waals surface area contributed by atoms with Crippen molar-refractivity contribution in [1.82, 2.24) is 4.90 Å². The normalized spacial score (nSPS) is 18.8. The number of nitrogens with zero attached hydrogens (tertiary/aromatic N) is 1. The molecule has 0 unspecified atom stereocenters. The minimum absolute atomic E-state index is 0.0700. The Morgan fingerprint density at radius 1 is 1.37 bits per heavy atom. The number of hydrogen-bond acceptors (Lipinski definition) is 6. The second-order valence-electron chi connectivity index (χ2n) is 6.42. The Labute approximate surface area is 167 Å². The topological polar surface area (TPSA) is 87.7 Å². The van der Waals surface area contributed by atoms with Gasteiger partial charge in [-0.05, 0) is 38.0 Å². The minimum atomic E-state index is -0.526. The lowest BCUT2D eigenvalue weighted by molar-refractivity contribution is -0.124. The van der Waals surface area contributed by atoms with Crippen molar-refractivity contribution in [2.45, 2.75) is 38.7 Å². The molecule has 2 heterocycles. The highest BCUT2D eigenvalue weighted by atomic mass is 32.2.